The molecule has 1 fully saturated rings. The van der Waals surface area contributed by atoms with Crippen LogP contribution in [0.1, 0.15) is 25.3 Å². The Morgan fingerprint density at radius 1 is 1.53 bits per heavy atom. The fraction of sp³-hybridized carbons (Fsp3) is 0.533. The topological polar surface area (TPSA) is 41.6 Å². The van der Waals surface area contributed by atoms with Gasteiger partial charge in [-0.2, -0.15) is 0 Å². The highest BCUT2D eigenvalue weighted by atomic mass is 16.5. The Labute approximate surface area is 114 Å². The van der Waals surface area contributed by atoms with Gasteiger partial charge in [-0.25, -0.2) is 0 Å². The Hall–Kier alpha value is -1.55. The van der Waals surface area contributed by atoms with Crippen LogP contribution >= 0.6 is 0 Å². The van der Waals surface area contributed by atoms with Gasteiger partial charge in [-0.1, -0.05) is 12.1 Å². The zero-order valence-corrected chi connectivity index (χ0v) is 11.9. The minimum atomic E-state index is -0.395. The van der Waals surface area contributed by atoms with Crippen molar-refractivity contribution in [1.29, 1.82) is 0 Å². The summed E-state index contributed by atoms with van der Waals surface area (Å²) < 4.78 is 5.20. The van der Waals surface area contributed by atoms with E-state index in [2.05, 4.69) is 5.32 Å². The molecule has 1 unspecified atom stereocenters. The molecule has 1 saturated heterocycles. The van der Waals surface area contributed by atoms with Crippen molar-refractivity contribution in [3.63, 3.8) is 0 Å². The molecule has 1 aromatic rings. The van der Waals surface area contributed by atoms with Gasteiger partial charge in [0.15, 0.2) is 0 Å². The third kappa shape index (κ3) is 3.07. The average Bonchev–Trinajstić information content (AvgIpc) is 2.86. The number of carbonyl (C=O) groups is 1. The number of benzene rings is 1. The number of likely N-dealkylation sites (N-methyl/N-ethyl adjacent to an activating group) is 1. The highest BCUT2D eigenvalue weighted by molar-refractivity contribution is 5.86. The monoisotopic (exact) mass is 262 g/mol. The van der Waals surface area contributed by atoms with Crippen LogP contribution in [0.2, 0.25) is 0 Å². The van der Waals surface area contributed by atoms with E-state index in [-0.39, 0.29) is 5.91 Å². The van der Waals surface area contributed by atoms with E-state index in [1.54, 1.807) is 12.0 Å². The molecule has 0 spiro atoms. The minimum absolute atomic E-state index is 0.160. The summed E-state index contributed by atoms with van der Waals surface area (Å²) in [7, 11) is 3.50. The molecular formula is C15H22N2O2. The lowest BCUT2D eigenvalue weighted by Crippen LogP contribution is -2.51. The van der Waals surface area contributed by atoms with Crippen LogP contribution in [0, 0.1) is 0 Å². The molecule has 4 heteroatoms. The van der Waals surface area contributed by atoms with Gasteiger partial charge in [-0.15, -0.1) is 0 Å². The van der Waals surface area contributed by atoms with Crippen molar-refractivity contribution in [3.05, 3.63) is 29.8 Å². The van der Waals surface area contributed by atoms with Crippen LogP contribution < -0.4 is 10.1 Å². The SMILES string of the molecule is COc1cccc(CN(C)C(=O)C2(C)CCCN2)c1. The van der Waals surface area contributed by atoms with E-state index >= 15 is 0 Å². The van der Waals surface area contributed by atoms with E-state index in [9.17, 15) is 4.79 Å². The highest BCUT2D eigenvalue weighted by Gasteiger charge is 2.37. The number of carbonyl (C=O) groups excluding carboxylic acids is 1. The Morgan fingerprint density at radius 3 is 2.95 bits per heavy atom. The normalized spacial score (nSPS) is 22.3. The van der Waals surface area contributed by atoms with Crippen LogP contribution in [-0.2, 0) is 11.3 Å². The van der Waals surface area contributed by atoms with Crippen LogP contribution in [0.15, 0.2) is 24.3 Å². The summed E-state index contributed by atoms with van der Waals surface area (Å²) >= 11 is 0. The lowest BCUT2D eigenvalue weighted by atomic mass is 9.98. The fourth-order valence-corrected chi connectivity index (χ4v) is 2.61. The third-order valence-corrected chi connectivity index (χ3v) is 3.74. The van der Waals surface area contributed by atoms with E-state index in [4.69, 9.17) is 4.74 Å². The third-order valence-electron chi connectivity index (χ3n) is 3.74. The predicted octanol–water partition coefficient (Wildman–Crippen LogP) is 1.80. The summed E-state index contributed by atoms with van der Waals surface area (Å²) in [6.07, 6.45) is 1.98. The molecule has 1 amide bonds. The zero-order chi connectivity index (χ0) is 13.9. The van der Waals surface area contributed by atoms with Gasteiger partial charge >= 0.3 is 0 Å². The summed E-state index contributed by atoms with van der Waals surface area (Å²) in [5, 5.41) is 3.31. The standard InChI is InChI=1S/C15H22N2O2/c1-15(8-5-9-16-15)14(18)17(2)11-12-6-4-7-13(10-12)19-3/h4,6-7,10,16H,5,8-9,11H2,1-3H3. The Balaban J connectivity index is 2.03. The Morgan fingerprint density at radius 2 is 2.32 bits per heavy atom. The summed E-state index contributed by atoms with van der Waals surface area (Å²) in [5.41, 5.74) is 0.685. The molecule has 2 rings (SSSR count). The molecule has 1 aliphatic heterocycles. The molecule has 4 nitrogen and oxygen atoms in total. The Bertz CT molecular complexity index is 453. The maximum atomic E-state index is 12.5. The van der Waals surface area contributed by atoms with E-state index in [0.717, 1.165) is 30.7 Å². The number of nitrogens with one attached hydrogen (secondary N) is 1. The first-order valence-corrected chi connectivity index (χ1v) is 6.69. The van der Waals surface area contributed by atoms with Crippen molar-refractivity contribution < 1.29 is 9.53 Å². The van der Waals surface area contributed by atoms with Crippen molar-refractivity contribution in [2.24, 2.45) is 0 Å². The summed E-state index contributed by atoms with van der Waals surface area (Å²) in [6.45, 7) is 3.52. The number of hydrogen-bond donors (Lipinski definition) is 1. The molecule has 0 radical (unpaired) electrons. The molecule has 1 N–H and O–H groups in total. The van der Waals surface area contributed by atoms with Gasteiger partial charge in [0.1, 0.15) is 5.75 Å². The predicted molar refractivity (Wildman–Crippen MR) is 75.1 cm³/mol. The maximum absolute atomic E-state index is 12.5. The van der Waals surface area contributed by atoms with E-state index in [1.807, 2.05) is 38.2 Å². The number of hydrogen-bond acceptors (Lipinski definition) is 3. The van der Waals surface area contributed by atoms with Crippen molar-refractivity contribution in [2.75, 3.05) is 20.7 Å². The molecule has 1 aliphatic rings. The van der Waals surface area contributed by atoms with Crippen LogP contribution in [-0.4, -0.2) is 37.0 Å². The average molecular weight is 262 g/mol. The first kappa shape index (κ1) is 13.9. The van der Waals surface area contributed by atoms with Crippen LogP contribution in [0.5, 0.6) is 5.75 Å². The fourth-order valence-electron chi connectivity index (χ4n) is 2.61. The van der Waals surface area contributed by atoms with Gasteiger partial charge in [0.25, 0.3) is 0 Å². The molecule has 0 saturated carbocycles. The summed E-state index contributed by atoms with van der Waals surface area (Å²) in [5.74, 6) is 0.983. The lowest BCUT2D eigenvalue weighted by Gasteiger charge is -2.29. The van der Waals surface area contributed by atoms with E-state index in [0.29, 0.717) is 6.54 Å². The van der Waals surface area contributed by atoms with Gasteiger partial charge in [0.05, 0.1) is 12.6 Å². The number of ether oxygens (including phenoxy) is 1. The number of amides is 1. The maximum Gasteiger partial charge on any atom is 0.242 e. The largest absolute Gasteiger partial charge is 0.497 e. The van der Waals surface area contributed by atoms with E-state index in [1.165, 1.54) is 0 Å². The van der Waals surface area contributed by atoms with Crippen LogP contribution in [0.25, 0.3) is 0 Å². The molecule has 0 aliphatic carbocycles. The van der Waals surface area contributed by atoms with Crippen molar-refractivity contribution >= 4 is 5.91 Å². The number of nitrogens with zero attached hydrogens (tertiary/aromatic N) is 1. The van der Waals surface area contributed by atoms with Crippen molar-refractivity contribution in [2.45, 2.75) is 31.8 Å². The molecule has 1 heterocycles. The molecule has 0 bridgehead atoms. The number of methoxy groups -OCH3 is 1. The quantitative estimate of drug-likeness (QED) is 0.899. The molecule has 1 aromatic carbocycles. The Kier molecular flexibility index (Phi) is 4.10. The van der Waals surface area contributed by atoms with Gasteiger partial charge < -0.3 is 15.0 Å². The van der Waals surface area contributed by atoms with Crippen LogP contribution in [0.4, 0.5) is 0 Å². The van der Waals surface area contributed by atoms with Gasteiger partial charge in [0.2, 0.25) is 5.91 Å². The van der Waals surface area contributed by atoms with Crippen molar-refractivity contribution in [3.8, 4) is 5.75 Å². The second-order valence-corrected chi connectivity index (χ2v) is 5.38. The van der Waals surface area contributed by atoms with E-state index < -0.39 is 5.54 Å². The summed E-state index contributed by atoms with van der Waals surface area (Å²) in [4.78, 5) is 14.2. The molecule has 0 aromatic heterocycles. The molecule has 1 atom stereocenters. The molecule has 19 heavy (non-hydrogen) atoms. The zero-order valence-electron chi connectivity index (χ0n) is 11.9. The highest BCUT2D eigenvalue weighted by Crippen LogP contribution is 2.22. The van der Waals surface area contributed by atoms with Gasteiger partial charge in [-0.05, 0) is 44.0 Å². The second kappa shape index (κ2) is 5.61. The number of rotatable bonds is 4. The van der Waals surface area contributed by atoms with Gasteiger partial charge in [-0.3, -0.25) is 4.79 Å². The molecule has 104 valence electrons. The second-order valence-electron chi connectivity index (χ2n) is 5.38. The van der Waals surface area contributed by atoms with Crippen LogP contribution in [0.3, 0.4) is 0 Å². The lowest BCUT2D eigenvalue weighted by molar-refractivity contribution is -0.136. The minimum Gasteiger partial charge on any atom is -0.497 e. The molecular weight excluding hydrogens is 240 g/mol. The first-order valence-electron chi connectivity index (χ1n) is 6.69. The summed E-state index contributed by atoms with van der Waals surface area (Å²) in [6, 6.07) is 7.83. The van der Waals surface area contributed by atoms with Gasteiger partial charge in [0, 0.05) is 13.6 Å². The first-order chi connectivity index (χ1) is 9.05. The van der Waals surface area contributed by atoms with Crippen molar-refractivity contribution in [1.82, 2.24) is 10.2 Å². The smallest absolute Gasteiger partial charge is 0.242 e.